The van der Waals surface area contributed by atoms with Gasteiger partial charge in [0, 0.05) is 12.6 Å². The lowest BCUT2D eigenvalue weighted by Gasteiger charge is -2.13. The molecular weight excluding hydrogens is 387 g/mol. The first-order valence-corrected chi connectivity index (χ1v) is 8.83. The fraction of sp³-hybridized carbons (Fsp3) is 0.250. The summed E-state index contributed by atoms with van der Waals surface area (Å²) in [6.45, 7) is 1.43. The number of ether oxygens (including phenoxy) is 1. The predicted molar refractivity (Wildman–Crippen MR) is 96.3 cm³/mol. The van der Waals surface area contributed by atoms with E-state index < -0.39 is 18.0 Å². The summed E-state index contributed by atoms with van der Waals surface area (Å²) in [4.78, 5) is 40.0. The summed E-state index contributed by atoms with van der Waals surface area (Å²) in [6.07, 6.45) is 0.237. The number of pyridine rings is 1. The molecule has 2 heterocycles. The van der Waals surface area contributed by atoms with Crippen LogP contribution in [0.1, 0.15) is 29.4 Å². The Morgan fingerprint density at radius 3 is 2.56 bits per heavy atom. The summed E-state index contributed by atoms with van der Waals surface area (Å²) in [5.41, 5.74) is 0. The summed E-state index contributed by atoms with van der Waals surface area (Å²) in [7, 11) is 0. The van der Waals surface area contributed by atoms with E-state index in [9.17, 15) is 14.4 Å². The van der Waals surface area contributed by atoms with Crippen LogP contribution in [0.4, 0.5) is 5.82 Å². The standard InChI is InChI=1S/C16H14Cl2N2O4S/c1-9(16(23)20-14-6-2-10(17)8-19-14)24-15(22)7-3-11(21)12-4-5-13(18)25-12/h2,4-6,8-9H,3,7H2,1H3,(H,19,20,23). The quantitative estimate of drug-likeness (QED) is 0.560. The number of thiophene rings is 1. The zero-order chi connectivity index (χ0) is 18.4. The Morgan fingerprint density at radius 1 is 1.20 bits per heavy atom. The first-order valence-electron chi connectivity index (χ1n) is 7.25. The fourth-order valence-corrected chi connectivity index (χ4v) is 2.91. The molecular formula is C16H14Cl2N2O4S. The molecule has 9 heteroatoms. The molecule has 0 fully saturated rings. The molecule has 2 aromatic rings. The molecule has 0 saturated carbocycles. The van der Waals surface area contributed by atoms with Gasteiger partial charge in [-0.3, -0.25) is 14.4 Å². The average Bonchev–Trinajstić information content (AvgIpc) is 3.01. The third-order valence-electron chi connectivity index (χ3n) is 3.06. The van der Waals surface area contributed by atoms with Gasteiger partial charge in [-0.1, -0.05) is 23.2 Å². The monoisotopic (exact) mass is 400 g/mol. The maximum atomic E-state index is 12.0. The van der Waals surface area contributed by atoms with Gasteiger partial charge in [-0.25, -0.2) is 4.98 Å². The van der Waals surface area contributed by atoms with Crippen LogP contribution in [0, 0.1) is 0 Å². The smallest absolute Gasteiger partial charge is 0.307 e. The summed E-state index contributed by atoms with van der Waals surface area (Å²) in [6, 6.07) is 6.33. The Hall–Kier alpha value is -1.96. The van der Waals surface area contributed by atoms with Gasteiger partial charge in [0.15, 0.2) is 11.9 Å². The fourth-order valence-electron chi connectivity index (χ4n) is 1.79. The first kappa shape index (κ1) is 19.4. The second-order valence-corrected chi connectivity index (χ2v) is 7.16. The second-order valence-electron chi connectivity index (χ2n) is 5.01. The van der Waals surface area contributed by atoms with E-state index in [1.807, 2.05) is 0 Å². The number of ketones is 1. The molecule has 0 aliphatic carbocycles. The number of nitrogens with one attached hydrogen (secondary N) is 1. The van der Waals surface area contributed by atoms with Crippen molar-refractivity contribution in [3.8, 4) is 0 Å². The molecule has 132 valence electrons. The normalized spacial score (nSPS) is 11.6. The van der Waals surface area contributed by atoms with Crippen molar-refractivity contribution in [1.82, 2.24) is 4.98 Å². The highest BCUT2D eigenvalue weighted by molar-refractivity contribution is 7.18. The molecule has 6 nitrogen and oxygen atoms in total. The largest absolute Gasteiger partial charge is 0.453 e. The molecule has 0 radical (unpaired) electrons. The molecule has 0 aromatic carbocycles. The molecule has 1 amide bonds. The van der Waals surface area contributed by atoms with Gasteiger partial charge in [-0.15, -0.1) is 11.3 Å². The van der Waals surface area contributed by atoms with E-state index in [4.69, 9.17) is 27.9 Å². The SMILES string of the molecule is CC(OC(=O)CCC(=O)c1ccc(Cl)s1)C(=O)Nc1ccc(Cl)cn1. The molecule has 25 heavy (non-hydrogen) atoms. The number of carbonyl (C=O) groups excluding carboxylic acids is 3. The number of hydrogen-bond acceptors (Lipinski definition) is 6. The van der Waals surface area contributed by atoms with Crippen molar-refractivity contribution in [2.24, 2.45) is 0 Å². The van der Waals surface area contributed by atoms with E-state index in [1.54, 1.807) is 18.2 Å². The van der Waals surface area contributed by atoms with Gasteiger partial charge in [0.05, 0.1) is 20.7 Å². The highest BCUT2D eigenvalue weighted by Gasteiger charge is 2.19. The third kappa shape index (κ3) is 6.12. The van der Waals surface area contributed by atoms with Crippen molar-refractivity contribution in [3.63, 3.8) is 0 Å². The van der Waals surface area contributed by atoms with Crippen LogP contribution in [0.15, 0.2) is 30.5 Å². The van der Waals surface area contributed by atoms with Gasteiger partial charge in [-0.2, -0.15) is 0 Å². The number of aromatic nitrogens is 1. The maximum absolute atomic E-state index is 12.0. The summed E-state index contributed by atoms with van der Waals surface area (Å²) in [5, 5.41) is 2.94. The summed E-state index contributed by atoms with van der Waals surface area (Å²) in [5.74, 6) is -1.07. The van der Waals surface area contributed by atoms with Gasteiger partial charge in [0.25, 0.3) is 5.91 Å². The van der Waals surface area contributed by atoms with E-state index in [1.165, 1.54) is 19.2 Å². The maximum Gasteiger partial charge on any atom is 0.307 e. The zero-order valence-electron chi connectivity index (χ0n) is 13.1. The van der Waals surface area contributed by atoms with Gasteiger partial charge in [-0.05, 0) is 31.2 Å². The third-order valence-corrected chi connectivity index (χ3v) is 4.56. The molecule has 0 bridgehead atoms. The number of esters is 1. The molecule has 0 saturated heterocycles. The van der Waals surface area contributed by atoms with Gasteiger partial charge in [0.1, 0.15) is 5.82 Å². The van der Waals surface area contributed by atoms with E-state index >= 15 is 0 Å². The number of hydrogen-bond donors (Lipinski definition) is 1. The molecule has 0 aliphatic heterocycles. The van der Waals surface area contributed by atoms with Crippen molar-refractivity contribution in [2.45, 2.75) is 25.9 Å². The lowest BCUT2D eigenvalue weighted by atomic mass is 10.2. The predicted octanol–water partition coefficient (Wildman–Crippen LogP) is 3.98. The number of rotatable bonds is 7. The number of Topliss-reactive ketones (excluding diaryl/α,β-unsaturated/α-hetero) is 1. The van der Waals surface area contributed by atoms with Crippen LogP contribution in [-0.4, -0.2) is 28.7 Å². The lowest BCUT2D eigenvalue weighted by Crippen LogP contribution is -2.30. The van der Waals surface area contributed by atoms with E-state index in [0.29, 0.717) is 20.1 Å². The Bertz CT molecular complexity index is 777. The second kappa shape index (κ2) is 8.94. The first-order chi connectivity index (χ1) is 11.8. The Balaban J connectivity index is 1.78. The van der Waals surface area contributed by atoms with Crippen molar-refractivity contribution in [3.05, 3.63) is 44.7 Å². The van der Waals surface area contributed by atoms with E-state index in [-0.39, 0.29) is 18.6 Å². The number of halogens is 2. The minimum atomic E-state index is -1.02. The average molecular weight is 401 g/mol. The minimum Gasteiger partial charge on any atom is -0.453 e. The highest BCUT2D eigenvalue weighted by atomic mass is 35.5. The molecule has 1 atom stereocenters. The van der Waals surface area contributed by atoms with E-state index in [0.717, 1.165) is 11.3 Å². The molecule has 2 rings (SSSR count). The number of carbonyl (C=O) groups is 3. The topological polar surface area (TPSA) is 85.4 Å². The molecule has 1 N–H and O–H groups in total. The molecule has 1 unspecified atom stereocenters. The molecule has 0 aliphatic rings. The Morgan fingerprint density at radius 2 is 1.96 bits per heavy atom. The van der Waals surface area contributed by atoms with Gasteiger partial charge >= 0.3 is 5.97 Å². The van der Waals surface area contributed by atoms with Gasteiger partial charge < -0.3 is 10.1 Å². The summed E-state index contributed by atoms with van der Waals surface area (Å²) >= 11 is 12.6. The number of nitrogens with zero attached hydrogens (tertiary/aromatic N) is 1. The van der Waals surface area contributed by atoms with E-state index in [2.05, 4.69) is 10.3 Å². The van der Waals surface area contributed by atoms with Crippen LogP contribution in [0.5, 0.6) is 0 Å². The van der Waals surface area contributed by atoms with Crippen LogP contribution in [0.3, 0.4) is 0 Å². The molecule has 0 spiro atoms. The van der Waals surface area contributed by atoms with Crippen molar-refractivity contribution in [2.75, 3.05) is 5.32 Å². The number of anilines is 1. The van der Waals surface area contributed by atoms with Crippen LogP contribution in [0.25, 0.3) is 0 Å². The van der Waals surface area contributed by atoms with Crippen molar-refractivity contribution >= 4 is 58.0 Å². The van der Waals surface area contributed by atoms with Crippen LogP contribution >= 0.6 is 34.5 Å². The van der Waals surface area contributed by atoms with Crippen molar-refractivity contribution < 1.29 is 19.1 Å². The van der Waals surface area contributed by atoms with Crippen LogP contribution < -0.4 is 5.32 Å². The highest BCUT2D eigenvalue weighted by Crippen LogP contribution is 2.23. The van der Waals surface area contributed by atoms with Crippen LogP contribution in [-0.2, 0) is 14.3 Å². The summed E-state index contributed by atoms with van der Waals surface area (Å²) < 4.78 is 5.53. The zero-order valence-corrected chi connectivity index (χ0v) is 15.5. The minimum absolute atomic E-state index is 0.0112. The Kier molecular flexibility index (Phi) is 6.92. The van der Waals surface area contributed by atoms with Gasteiger partial charge in [0.2, 0.25) is 0 Å². The Labute approximate surface area is 158 Å². The van der Waals surface area contributed by atoms with Crippen LogP contribution in [0.2, 0.25) is 9.36 Å². The molecule has 2 aromatic heterocycles. The lowest BCUT2D eigenvalue weighted by molar-refractivity contribution is -0.153. The van der Waals surface area contributed by atoms with Crippen molar-refractivity contribution in [1.29, 1.82) is 0 Å². The number of amides is 1.